The molecule has 2 unspecified atom stereocenters. The quantitative estimate of drug-likeness (QED) is 0.189. The molecule has 4 aromatic rings. The SMILES string of the molecule is CC(OC(=O)CNP(=O)(CO[C@H](C)Cn1cnc2c(N)ncnc21)OCc1ccccc1)c1ccccc1. The second kappa shape index (κ2) is 12.7. The first-order valence-electron chi connectivity index (χ1n) is 12.1. The molecule has 0 amide bonds. The zero-order valence-corrected chi connectivity index (χ0v) is 22.2. The predicted molar refractivity (Wildman–Crippen MR) is 143 cm³/mol. The fourth-order valence-corrected chi connectivity index (χ4v) is 5.12. The molecule has 38 heavy (non-hydrogen) atoms. The molecule has 0 saturated heterocycles. The number of carbonyl (C=O) groups excluding carboxylic acids is 1. The number of rotatable bonds is 13. The van der Waals surface area contributed by atoms with Gasteiger partial charge in [-0.2, -0.15) is 0 Å². The number of ether oxygens (including phenoxy) is 2. The largest absolute Gasteiger partial charge is 0.457 e. The minimum Gasteiger partial charge on any atom is -0.457 e. The number of nitrogen functional groups attached to an aromatic ring is 1. The molecule has 0 aliphatic heterocycles. The van der Waals surface area contributed by atoms with E-state index in [2.05, 4.69) is 20.0 Å². The molecule has 0 aliphatic carbocycles. The van der Waals surface area contributed by atoms with Crippen LogP contribution in [0.25, 0.3) is 11.2 Å². The molecule has 0 radical (unpaired) electrons. The molecule has 12 heteroatoms. The lowest BCUT2D eigenvalue weighted by Gasteiger charge is -2.22. The second-order valence-corrected chi connectivity index (χ2v) is 10.9. The van der Waals surface area contributed by atoms with Crippen molar-refractivity contribution in [1.82, 2.24) is 24.6 Å². The Kier molecular flexibility index (Phi) is 9.19. The van der Waals surface area contributed by atoms with E-state index < -0.39 is 19.6 Å². The molecular weight excluding hydrogens is 507 g/mol. The van der Waals surface area contributed by atoms with Crippen molar-refractivity contribution in [3.63, 3.8) is 0 Å². The summed E-state index contributed by atoms with van der Waals surface area (Å²) in [5.41, 5.74) is 8.64. The first-order valence-corrected chi connectivity index (χ1v) is 13.9. The normalized spacial score (nSPS) is 14.6. The van der Waals surface area contributed by atoms with Gasteiger partial charge in [-0.25, -0.2) is 20.0 Å². The Morgan fingerprint density at radius 1 is 1.05 bits per heavy atom. The summed E-state index contributed by atoms with van der Waals surface area (Å²) < 4.78 is 32.6. The fourth-order valence-electron chi connectivity index (χ4n) is 3.68. The van der Waals surface area contributed by atoms with E-state index >= 15 is 0 Å². The van der Waals surface area contributed by atoms with Crippen molar-refractivity contribution in [2.75, 3.05) is 18.6 Å². The summed E-state index contributed by atoms with van der Waals surface area (Å²) in [6.07, 6.45) is 1.88. The standard InChI is InChI=1S/C26H31N6O5P/c1-19(14-32-17-30-24-25(27)28-16-29-26(24)32)35-18-38(34,36-15-21-9-5-3-6-10-21)31-13-23(33)37-20(2)22-11-7-4-8-12-22/h3-12,16-17,19-20H,13-15,18H2,1-2H3,(H,31,34)(H2,27,28,29)/t19-,20?,38?/m1/s1. The monoisotopic (exact) mass is 538 g/mol. The lowest BCUT2D eigenvalue weighted by molar-refractivity contribution is -0.147. The maximum Gasteiger partial charge on any atom is 0.320 e. The fraction of sp³-hybridized carbons (Fsp3) is 0.308. The Morgan fingerprint density at radius 3 is 2.50 bits per heavy atom. The number of fused-ring (bicyclic) bond motifs is 1. The zero-order valence-electron chi connectivity index (χ0n) is 21.3. The molecule has 4 rings (SSSR count). The molecule has 0 fully saturated rings. The molecule has 0 aliphatic rings. The van der Waals surface area contributed by atoms with Crippen LogP contribution >= 0.6 is 7.52 Å². The summed E-state index contributed by atoms with van der Waals surface area (Å²) in [5, 5.41) is 2.75. The molecule has 2 heterocycles. The van der Waals surface area contributed by atoms with E-state index in [-0.39, 0.29) is 25.6 Å². The molecular formula is C26H31N6O5P. The number of nitrogens with one attached hydrogen (secondary N) is 1. The van der Waals surface area contributed by atoms with Crippen molar-refractivity contribution in [3.8, 4) is 0 Å². The number of benzene rings is 2. The van der Waals surface area contributed by atoms with Crippen molar-refractivity contribution in [1.29, 1.82) is 0 Å². The number of nitrogens with two attached hydrogens (primary N) is 1. The van der Waals surface area contributed by atoms with Gasteiger partial charge in [-0.3, -0.25) is 9.36 Å². The number of anilines is 1. The van der Waals surface area contributed by atoms with Gasteiger partial charge < -0.3 is 24.3 Å². The Bertz CT molecular complexity index is 1380. The van der Waals surface area contributed by atoms with Crippen LogP contribution in [0, 0.1) is 0 Å². The van der Waals surface area contributed by atoms with Crippen LogP contribution in [0.5, 0.6) is 0 Å². The molecule has 0 saturated carbocycles. The summed E-state index contributed by atoms with van der Waals surface area (Å²) in [4.78, 5) is 24.9. The van der Waals surface area contributed by atoms with Crippen LogP contribution in [0.15, 0.2) is 73.3 Å². The summed E-state index contributed by atoms with van der Waals surface area (Å²) in [6.45, 7) is 3.77. The first-order chi connectivity index (χ1) is 18.3. The van der Waals surface area contributed by atoms with Gasteiger partial charge in [0.15, 0.2) is 11.5 Å². The lowest BCUT2D eigenvalue weighted by atomic mass is 10.1. The molecule has 11 nitrogen and oxygen atoms in total. The van der Waals surface area contributed by atoms with Gasteiger partial charge in [0.2, 0.25) is 0 Å². The van der Waals surface area contributed by atoms with Gasteiger partial charge >= 0.3 is 5.97 Å². The average molecular weight is 539 g/mol. The predicted octanol–water partition coefficient (Wildman–Crippen LogP) is 4.08. The minimum absolute atomic E-state index is 0.0840. The summed E-state index contributed by atoms with van der Waals surface area (Å²) in [6, 6.07) is 18.7. The number of aromatic nitrogens is 4. The first kappa shape index (κ1) is 27.4. The lowest BCUT2D eigenvalue weighted by Crippen LogP contribution is -2.27. The van der Waals surface area contributed by atoms with Gasteiger partial charge in [0, 0.05) is 0 Å². The highest BCUT2D eigenvalue weighted by Gasteiger charge is 2.27. The van der Waals surface area contributed by atoms with Gasteiger partial charge in [-0.1, -0.05) is 60.7 Å². The van der Waals surface area contributed by atoms with Gasteiger partial charge in [0.05, 0.1) is 25.6 Å². The highest BCUT2D eigenvalue weighted by molar-refractivity contribution is 7.56. The minimum atomic E-state index is -3.60. The molecule has 2 aromatic carbocycles. The molecule has 0 spiro atoms. The molecule has 2 aromatic heterocycles. The van der Waals surface area contributed by atoms with Crippen molar-refractivity contribution >= 4 is 30.5 Å². The third-order valence-electron chi connectivity index (χ3n) is 5.74. The van der Waals surface area contributed by atoms with E-state index in [9.17, 15) is 9.36 Å². The molecule has 200 valence electrons. The van der Waals surface area contributed by atoms with E-state index in [0.717, 1.165) is 11.1 Å². The zero-order chi connectivity index (χ0) is 27.0. The van der Waals surface area contributed by atoms with Crippen LogP contribution < -0.4 is 10.8 Å². The van der Waals surface area contributed by atoms with Gasteiger partial charge in [0.1, 0.15) is 30.8 Å². The van der Waals surface area contributed by atoms with Crippen LogP contribution in [0.3, 0.4) is 0 Å². The van der Waals surface area contributed by atoms with Crippen molar-refractivity contribution in [3.05, 3.63) is 84.4 Å². The summed E-state index contributed by atoms with van der Waals surface area (Å²) >= 11 is 0. The average Bonchev–Trinajstić information content (AvgIpc) is 3.35. The topological polar surface area (TPSA) is 143 Å². The van der Waals surface area contributed by atoms with Crippen LogP contribution in [-0.4, -0.2) is 44.5 Å². The Labute approximate surface area is 220 Å². The number of esters is 1. The van der Waals surface area contributed by atoms with Gasteiger partial charge in [-0.05, 0) is 25.0 Å². The van der Waals surface area contributed by atoms with Crippen LogP contribution in [0.1, 0.15) is 31.1 Å². The van der Waals surface area contributed by atoms with Crippen molar-refractivity contribution in [2.45, 2.75) is 39.2 Å². The van der Waals surface area contributed by atoms with E-state index in [0.29, 0.717) is 23.5 Å². The smallest absolute Gasteiger partial charge is 0.320 e. The number of carbonyl (C=O) groups is 1. The van der Waals surface area contributed by atoms with Crippen molar-refractivity contribution < 1.29 is 23.4 Å². The molecule has 3 N–H and O–H groups in total. The highest BCUT2D eigenvalue weighted by Crippen LogP contribution is 2.43. The van der Waals surface area contributed by atoms with E-state index in [1.165, 1.54) is 6.33 Å². The van der Waals surface area contributed by atoms with E-state index in [1.54, 1.807) is 17.8 Å². The van der Waals surface area contributed by atoms with Crippen LogP contribution in [-0.2, 0) is 36.5 Å². The number of imidazole rings is 1. The maximum absolute atomic E-state index is 13.7. The number of hydrogen-bond donors (Lipinski definition) is 2. The summed E-state index contributed by atoms with van der Waals surface area (Å²) in [5.74, 6) is -0.265. The second-order valence-electron chi connectivity index (χ2n) is 8.74. The van der Waals surface area contributed by atoms with E-state index in [4.69, 9.17) is 19.7 Å². The van der Waals surface area contributed by atoms with Crippen LogP contribution in [0.4, 0.5) is 5.82 Å². The summed E-state index contributed by atoms with van der Waals surface area (Å²) in [7, 11) is -3.60. The maximum atomic E-state index is 13.7. The number of nitrogens with zero attached hydrogens (tertiary/aromatic N) is 4. The van der Waals surface area contributed by atoms with Gasteiger partial charge in [0.25, 0.3) is 7.52 Å². The third-order valence-corrected chi connectivity index (χ3v) is 7.41. The molecule has 3 atom stereocenters. The van der Waals surface area contributed by atoms with Gasteiger partial charge in [-0.15, -0.1) is 0 Å². The molecule has 0 bridgehead atoms. The van der Waals surface area contributed by atoms with Crippen LogP contribution in [0.2, 0.25) is 0 Å². The number of hydrogen-bond acceptors (Lipinski definition) is 9. The Hall–Kier alpha value is -3.63. The highest BCUT2D eigenvalue weighted by atomic mass is 31.2. The Morgan fingerprint density at radius 2 is 1.76 bits per heavy atom. The van der Waals surface area contributed by atoms with E-state index in [1.807, 2.05) is 67.6 Å². The van der Waals surface area contributed by atoms with Crippen molar-refractivity contribution in [2.24, 2.45) is 0 Å². The Balaban J connectivity index is 1.37. The third kappa shape index (κ3) is 7.45.